The number of ether oxygens (including phenoxy) is 1. The lowest BCUT2D eigenvalue weighted by Gasteiger charge is -2.17. The van der Waals surface area contributed by atoms with Crippen LogP contribution in [0.25, 0.3) is 11.3 Å². The molecule has 1 amide bonds. The quantitative estimate of drug-likeness (QED) is 0.611. The molecule has 27 heavy (non-hydrogen) atoms. The van der Waals surface area contributed by atoms with E-state index < -0.39 is 0 Å². The highest BCUT2D eigenvalue weighted by atomic mass is 35.5. The largest absolute Gasteiger partial charge is 0.494 e. The molecule has 0 saturated heterocycles. The van der Waals surface area contributed by atoms with Crippen molar-refractivity contribution in [3.63, 3.8) is 0 Å². The van der Waals surface area contributed by atoms with Crippen LogP contribution in [0.5, 0.6) is 5.75 Å². The molecule has 0 saturated carbocycles. The average Bonchev–Trinajstić information content (AvgIpc) is 3.15. The van der Waals surface area contributed by atoms with Gasteiger partial charge in [0.25, 0.3) is 5.91 Å². The first-order valence-corrected chi connectivity index (χ1v) is 8.85. The van der Waals surface area contributed by atoms with E-state index in [2.05, 4.69) is 10.2 Å². The van der Waals surface area contributed by atoms with E-state index in [1.165, 1.54) is 18.3 Å². The van der Waals surface area contributed by atoms with Crippen molar-refractivity contribution in [3.8, 4) is 17.0 Å². The number of hydrogen-bond donors (Lipinski definition) is 1. The van der Waals surface area contributed by atoms with E-state index in [4.69, 9.17) is 16.3 Å². The molecule has 0 fully saturated rings. The summed E-state index contributed by atoms with van der Waals surface area (Å²) >= 11 is 5.84. The van der Waals surface area contributed by atoms with Crippen LogP contribution >= 0.6 is 11.6 Å². The van der Waals surface area contributed by atoms with Crippen LogP contribution in [0.3, 0.4) is 0 Å². The number of H-pyrrole nitrogens is 1. The van der Waals surface area contributed by atoms with Crippen molar-refractivity contribution in [1.29, 1.82) is 0 Å². The molecule has 0 spiro atoms. The molecule has 0 bridgehead atoms. The van der Waals surface area contributed by atoms with Gasteiger partial charge in [-0.05, 0) is 42.8 Å². The van der Waals surface area contributed by atoms with Gasteiger partial charge in [0, 0.05) is 24.2 Å². The number of rotatable bonds is 7. The highest BCUT2D eigenvalue weighted by Gasteiger charge is 2.19. The first-order valence-electron chi connectivity index (χ1n) is 8.48. The molecule has 3 aromatic rings. The first kappa shape index (κ1) is 18.9. The maximum Gasteiger partial charge on any atom is 0.257 e. The van der Waals surface area contributed by atoms with E-state index in [9.17, 15) is 9.18 Å². The molecule has 1 heterocycles. The fourth-order valence-electron chi connectivity index (χ4n) is 2.64. The Bertz CT molecular complexity index is 912. The fourth-order valence-corrected chi connectivity index (χ4v) is 2.77. The number of carbonyl (C=O) groups is 1. The first-order chi connectivity index (χ1) is 13.0. The second-order valence-corrected chi connectivity index (χ2v) is 6.49. The second kappa shape index (κ2) is 8.68. The molecule has 0 radical (unpaired) electrons. The Kier molecular flexibility index (Phi) is 6.08. The van der Waals surface area contributed by atoms with Gasteiger partial charge in [0.15, 0.2) is 0 Å². The fraction of sp³-hybridized carbons (Fsp3) is 0.200. The van der Waals surface area contributed by atoms with Gasteiger partial charge >= 0.3 is 0 Å². The Hall–Kier alpha value is -2.86. The van der Waals surface area contributed by atoms with Crippen LogP contribution in [0.4, 0.5) is 4.39 Å². The lowest BCUT2D eigenvalue weighted by molar-refractivity contribution is 0.0788. The summed E-state index contributed by atoms with van der Waals surface area (Å²) in [5, 5.41) is 7.38. The van der Waals surface area contributed by atoms with Gasteiger partial charge in [-0.15, -0.1) is 0 Å². The molecule has 2 aromatic carbocycles. The van der Waals surface area contributed by atoms with Gasteiger partial charge in [0.1, 0.15) is 11.6 Å². The summed E-state index contributed by atoms with van der Waals surface area (Å²) in [5.41, 5.74) is 1.49. The molecule has 7 heteroatoms. The Labute approximate surface area is 161 Å². The molecule has 5 nitrogen and oxygen atoms in total. The van der Waals surface area contributed by atoms with Crippen LogP contribution in [0.1, 0.15) is 16.8 Å². The molecule has 1 aromatic heterocycles. The Morgan fingerprint density at radius 1 is 1.26 bits per heavy atom. The number of aromatic amines is 1. The van der Waals surface area contributed by atoms with Crippen molar-refractivity contribution in [2.75, 3.05) is 20.2 Å². The summed E-state index contributed by atoms with van der Waals surface area (Å²) in [6, 6.07) is 13.2. The zero-order chi connectivity index (χ0) is 19.2. The summed E-state index contributed by atoms with van der Waals surface area (Å²) in [7, 11) is 1.72. The Balaban J connectivity index is 1.56. The molecule has 0 aliphatic carbocycles. The van der Waals surface area contributed by atoms with Gasteiger partial charge in [-0.3, -0.25) is 9.89 Å². The highest BCUT2D eigenvalue weighted by molar-refractivity contribution is 6.30. The predicted molar refractivity (Wildman–Crippen MR) is 103 cm³/mol. The van der Waals surface area contributed by atoms with Crippen molar-refractivity contribution < 1.29 is 13.9 Å². The van der Waals surface area contributed by atoms with Crippen LogP contribution in [-0.4, -0.2) is 41.2 Å². The third kappa shape index (κ3) is 4.86. The number of nitrogens with one attached hydrogen (secondary N) is 1. The zero-order valence-corrected chi connectivity index (χ0v) is 15.5. The molecule has 1 N–H and O–H groups in total. The topological polar surface area (TPSA) is 58.2 Å². The minimum absolute atomic E-state index is 0.186. The molecule has 140 valence electrons. The average molecular weight is 388 g/mol. The monoisotopic (exact) mass is 387 g/mol. The van der Waals surface area contributed by atoms with Crippen LogP contribution in [0, 0.1) is 5.82 Å². The van der Waals surface area contributed by atoms with Crippen molar-refractivity contribution in [3.05, 3.63) is 71.1 Å². The molecule has 0 unspecified atom stereocenters. The number of benzene rings is 2. The maximum atomic E-state index is 13.5. The van der Waals surface area contributed by atoms with E-state index >= 15 is 0 Å². The molecular formula is C20H19ClFN3O2. The molecule has 0 aliphatic heterocycles. The van der Waals surface area contributed by atoms with E-state index in [1.807, 2.05) is 0 Å². The van der Waals surface area contributed by atoms with Crippen molar-refractivity contribution in [1.82, 2.24) is 15.1 Å². The lowest BCUT2D eigenvalue weighted by atomic mass is 10.1. The molecule has 0 atom stereocenters. The molecular weight excluding hydrogens is 369 g/mol. The van der Waals surface area contributed by atoms with E-state index in [-0.39, 0.29) is 11.7 Å². The van der Waals surface area contributed by atoms with Crippen molar-refractivity contribution in [2.24, 2.45) is 0 Å². The van der Waals surface area contributed by atoms with Crippen LogP contribution in [0.15, 0.2) is 54.7 Å². The van der Waals surface area contributed by atoms with E-state index in [1.54, 1.807) is 48.3 Å². The Morgan fingerprint density at radius 2 is 2.04 bits per heavy atom. The number of carbonyl (C=O) groups excluding carboxylic acids is 1. The number of halogens is 2. The van der Waals surface area contributed by atoms with E-state index in [0.717, 1.165) is 5.75 Å². The zero-order valence-electron chi connectivity index (χ0n) is 14.8. The SMILES string of the molecule is CN(CCCOc1ccc(Cl)cc1)C(=O)c1cn[nH]c1-c1cccc(F)c1. The summed E-state index contributed by atoms with van der Waals surface area (Å²) in [6.07, 6.45) is 2.13. The van der Waals surface area contributed by atoms with Gasteiger partial charge in [0.2, 0.25) is 0 Å². The Morgan fingerprint density at radius 3 is 2.78 bits per heavy atom. The smallest absolute Gasteiger partial charge is 0.257 e. The number of nitrogens with zero attached hydrogens (tertiary/aromatic N) is 2. The third-order valence-electron chi connectivity index (χ3n) is 4.05. The minimum Gasteiger partial charge on any atom is -0.494 e. The van der Waals surface area contributed by atoms with Gasteiger partial charge in [0.05, 0.1) is 24.1 Å². The van der Waals surface area contributed by atoms with Gasteiger partial charge in [-0.1, -0.05) is 23.7 Å². The normalized spacial score (nSPS) is 10.6. The minimum atomic E-state index is -0.367. The van der Waals surface area contributed by atoms with Crippen LogP contribution in [0.2, 0.25) is 5.02 Å². The number of hydrogen-bond acceptors (Lipinski definition) is 3. The van der Waals surface area contributed by atoms with E-state index in [0.29, 0.717) is 41.4 Å². The van der Waals surface area contributed by atoms with Gasteiger partial charge < -0.3 is 9.64 Å². The van der Waals surface area contributed by atoms with Crippen molar-refractivity contribution in [2.45, 2.75) is 6.42 Å². The van der Waals surface area contributed by atoms with Gasteiger partial charge in [-0.2, -0.15) is 5.10 Å². The summed E-state index contributed by atoms with van der Waals surface area (Å²) in [5.74, 6) is 0.180. The molecule has 3 rings (SSSR count). The number of amides is 1. The lowest BCUT2D eigenvalue weighted by Crippen LogP contribution is -2.28. The van der Waals surface area contributed by atoms with Crippen LogP contribution < -0.4 is 4.74 Å². The van der Waals surface area contributed by atoms with Gasteiger partial charge in [-0.25, -0.2) is 4.39 Å². The van der Waals surface area contributed by atoms with Crippen molar-refractivity contribution >= 4 is 17.5 Å². The maximum absolute atomic E-state index is 13.5. The van der Waals surface area contributed by atoms with Crippen LogP contribution in [-0.2, 0) is 0 Å². The standard InChI is InChI=1S/C20H19ClFN3O2/c1-25(10-3-11-27-17-8-6-15(21)7-9-17)20(26)18-13-23-24-19(18)14-4-2-5-16(22)12-14/h2,4-9,12-13H,3,10-11H2,1H3,(H,23,24). The second-order valence-electron chi connectivity index (χ2n) is 6.05. The summed E-state index contributed by atoms with van der Waals surface area (Å²) < 4.78 is 19.1. The molecule has 0 aliphatic rings. The summed E-state index contributed by atoms with van der Waals surface area (Å²) in [4.78, 5) is 14.3. The predicted octanol–water partition coefficient (Wildman–Crippen LogP) is 4.41. The number of aromatic nitrogens is 2. The third-order valence-corrected chi connectivity index (χ3v) is 4.30. The highest BCUT2D eigenvalue weighted by Crippen LogP contribution is 2.23. The summed E-state index contributed by atoms with van der Waals surface area (Å²) in [6.45, 7) is 0.988.